The van der Waals surface area contributed by atoms with Crippen molar-refractivity contribution in [2.45, 2.75) is 45.1 Å². The van der Waals surface area contributed by atoms with Gasteiger partial charge in [0.25, 0.3) is 11.8 Å². The van der Waals surface area contributed by atoms with Crippen LogP contribution >= 0.6 is 22.7 Å². The predicted molar refractivity (Wildman–Crippen MR) is 134 cm³/mol. The van der Waals surface area contributed by atoms with Crippen molar-refractivity contribution < 1.29 is 19.5 Å². The van der Waals surface area contributed by atoms with Crippen molar-refractivity contribution in [2.75, 3.05) is 13.1 Å². The molecule has 1 saturated heterocycles. The van der Waals surface area contributed by atoms with Crippen LogP contribution in [0.15, 0.2) is 29.6 Å². The second-order valence-electron chi connectivity index (χ2n) is 8.58. The summed E-state index contributed by atoms with van der Waals surface area (Å²) in [5.74, 6) is -0.799. The highest BCUT2D eigenvalue weighted by Gasteiger charge is 2.29. The molecule has 3 aromatic rings. The molecule has 184 valence electrons. The van der Waals surface area contributed by atoms with Crippen LogP contribution in [0.1, 0.15) is 60.2 Å². The van der Waals surface area contributed by atoms with Crippen molar-refractivity contribution in [3.05, 3.63) is 61.5 Å². The van der Waals surface area contributed by atoms with Gasteiger partial charge in [-0.25, -0.2) is 9.97 Å². The van der Waals surface area contributed by atoms with Crippen molar-refractivity contribution in [3.8, 4) is 5.75 Å². The standard InChI is InChI=1S/C24H27N5O4S2/c1-13-20(35-14(2)26-13)24(33)29-9-7-16(8-10-29)23-28-19(12-34-23)22(32)27-18(21(25)31)11-15-3-5-17(30)6-4-15/h3-6,12,16,18,30H,7-11H2,1-2H3,(H2,25,31)(H,27,32). The number of phenolic OH excluding ortho intramolecular Hbond substituents is 1. The van der Waals surface area contributed by atoms with Crippen molar-refractivity contribution >= 4 is 40.4 Å². The minimum atomic E-state index is -0.898. The first-order valence-electron chi connectivity index (χ1n) is 11.3. The molecule has 4 N–H and O–H groups in total. The van der Waals surface area contributed by atoms with E-state index in [1.54, 1.807) is 17.5 Å². The number of carbonyl (C=O) groups is 3. The van der Waals surface area contributed by atoms with E-state index in [0.29, 0.717) is 18.0 Å². The second-order valence-corrected chi connectivity index (χ2v) is 10.7. The third kappa shape index (κ3) is 5.85. The minimum absolute atomic E-state index is 0.0249. The molecule has 1 atom stereocenters. The van der Waals surface area contributed by atoms with Crippen LogP contribution in [-0.4, -0.2) is 56.8 Å². The van der Waals surface area contributed by atoms with Gasteiger partial charge in [-0.05, 0) is 44.4 Å². The van der Waals surface area contributed by atoms with E-state index in [4.69, 9.17) is 5.73 Å². The Bertz CT molecular complexity index is 1230. The van der Waals surface area contributed by atoms with Crippen LogP contribution < -0.4 is 11.1 Å². The van der Waals surface area contributed by atoms with Gasteiger partial charge in [0.15, 0.2) is 0 Å². The summed E-state index contributed by atoms with van der Waals surface area (Å²) in [6.07, 6.45) is 1.74. The van der Waals surface area contributed by atoms with Crippen LogP contribution in [0.2, 0.25) is 0 Å². The highest BCUT2D eigenvalue weighted by Crippen LogP contribution is 2.31. The molecule has 1 unspecified atom stereocenters. The number of aromatic nitrogens is 2. The van der Waals surface area contributed by atoms with Gasteiger partial charge in [0.2, 0.25) is 5.91 Å². The first-order valence-corrected chi connectivity index (χ1v) is 13.0. The molecule has 0 spiro atoms. The Balaban J connectivity index is 1.35. The topological polar surface area (TPSA) is 139 Å². The lowest BCUT2D eigenvalue weighted by atomic mass is 9.97. The monoisotopic (exact) mass is 513 g/mol. The fourth-order valence-electron chi connectivity index (χ4n) is 4.10. The molecule has 0 radical (unpaired) electrons. The van der Waals surface area contributed by atoms with Gasteiger partial charge < -0.3 is 21.1 Å². The number of hydrogen-bond donors (Lipinski definition) is 3. The Morgan fingerprint density at radius 1 is 1.17 bits per heavy atom. The number of benzene rings is 1. The van der Waals surface area contributed by atoms with E-state index in [0.717, 1.165) is 34.1 Å². The largest absolute Gasteiger partial charge is 0.508 e. The molecule has 4 rings (SSSR count). The van der Waals surface area contributed by atoms with E-state index in [-0.39, 0.29) is 29.7 Å². The summed E-state index contributed by atoms with van der Waals surface area (Å²) in [5, 5.41) is 15.5. The summed E-state index contributed by atoms with van der Waals surface area (Å²) < 4.78 is 0. The van der Waals surface area contributed by atoms with E-state index in [9.17, 15) is 19.5 Å². The van der Waals surface area contributed by atoms with Gasteiger partial charge in [0, 0.05) is 30.8 Å². The number of thiazole rings is 2. The molecule has 3 heterocycles. The number of carbonyl (C=O) groups excluding carboxylic acids is 3. The van der Waals surface area contributed by atoms with Crippen molar-refractivity contribution in [1.82, 2.24) is 20.2 Å². The number of primary amides is 1. The Morgan fingerprint density at radius 3 is 2.46 bits per heavy atom. The first kappa shape index (κ1) is 24.8. The maximum absolute atomic E-state index is 12.9. The minimum Gasteiger partial charge on any atom is -0.508 e. The Morgan fingerprint density at radius 2 is 1.86 bits per heavy atom. The number of hydrogen-bond acceptors (Lipinski definition) is 8. The Hall–Kier alpha value is -3.31. The van der Waals surface area contributed by atoms with Crippen LogP contribution in [0.4, 0.5) is 0 Å². The van der Waals surface area contributed by atoms with Gasteiger partial charge in [0.05, 0.1) is 15.7 Å². The lowest BCUT2D eigenvalue weighted by Gasteiger charge is -2.30. The number of aryl methyl sites for hydroxylation is 2. The Labute approximate surface area is 211 Å². The summed E-state index contributed by atoms with van der Waals surface area (Å²) >= 11 is 2.84. The number of amides is 3. The smallest absolute Gasteiger partial charge is 0.271 e. The molecular weight excluding hydrogens is 486 g/mol. The molecule has 0 aliphatic carbocycles. The van der Waals surface area contributed by atoms with Crippen LogP contribution in [-0.2, 0) is 11.2 Å². The quantitative estimate of drug-likeness (QED) is 0.444. The number of nitrogens with two attached hydrogens (primary N) is 1. The average molecular weight is 514 g/mol. The fraction of sp³-hybridized carbons (Fsp3) is 0.375. The van der Waals surface area contributed by atoms with E-state index < -0.39 is 17.9 Å². The van der Waals surface area contributed by atoms with Crippen molar-refractivity contribution in [2.24, 2.45) is 5.73 Å². The summed E-state index contributed by atoms with van der Waals surface area (Å²) in [6, 6.07) is 5.48. The van der Waals surface area contributed by atoms with Crippen LogP contribution in [0.5, 0.6) is 5.75 Å². The first-order chi connectivity index (χ1) is 16.7. The van der Waals surface area contributed by atoms with Crippen LogP contribution in [0.25, 0.3) is 0 Å². The zero-order chi connectivity index (χ0) is 25.1. The number of phenols is 1. The van der Waals surface area contributed by atoms with Gasteiger partial charge in [-0.2, -0.15) is 0 Å². The number of likely N-dealkylation sites (tertiary alicyclic amines) is 1. The number of aromatic hydroxyl groups is 1. The van der Waals surface area contributed by atoms with E-state index in [1.807, 2.05) is 18.7 Å². The molecule has 35 heavy (non-hydrogen) atoms. The summed E-state index contributed by atoms with van der Waals surface area (Å²) in [7, 11) is 0. The molecule has 0 bridgehead atoms. The number of nitrogens with zero attached hydrogens (tertiary/aromatic N) is 3. The zero-order valence-corrected chi connectivity index (χ0v) is 21.1. The van der Waals surface area contributed by atoms with Gasteiger partial charge in [-0.1, -0.05) is 12.1 Å². The normalized spacial score (nSPS) is 15.1. The van der Waals surface area contributed by atoms with Gasteiger partial charge in [0.1, 0.15) is 22.4 Å². The maximum atomic E-state index is 12.9. The SMILES string of the molecule is Cc1nc(C)c(C(=O)N2CCC(c3nc(C(=O)NC(Cc4ccc(O)cc4)C(N)=O)cs3)CC2)s1. The predicted octanol–water partition coefficient (Wildman–Crippen LogP) is 2.77. The fourth-order valence-corrected chi connectivity index (χ4v) is 5.96. The average Bonchev–Trinajstić information content (AvgIpc) is 3.46. The highest BCUT2D eigenvalue weighted by molar-refractivity contribution is 7.13. The van der Waals surface area contributed by atoms with Gasteiger partial charge in [-0.15, -0.1) is 22.7 Å². The van der Waals surface area contributed by atoms with E-state index in [1.165, 1.54) is 34.8 Å². The van der Waals surface area contributed by atoms with E-state index in [2.05, 4.69) is 15.3 Å². The zero-order valence-electron chi connectivity index (χ0n) is 19.5. The highest BCUT2D eigenvalue weighted by atomic mass is 32.1. The number of piperidine rings is 1. The van der Waals surface area contributed by atoms with E-state index >= 15 is 0 Å². The summed E-state index contributed by atoms with van der Waals surface area (Å²) in [4.78, 5) is 49.0. The molecule has 1 aromatic carbocycles. The van der Waals surface area contributed by atoms with Crippen molar-refractivity contribution in [1.29, 1.82) is 0 Å². The molecule has 11 heteroatoms. The molecule has 1 aliphatic heterocycles. The number of rotatable bonds is 7. The molecular formula is C24H27N5O4S2. The second kappa shape index (κ2) is 10.5. The molecule has 0 saturated carbocycles. The Kier molecular flexibility index (Phi) is 7.46. The molecule has 1 aliphatic rings. The lowest BCUT2D eigenvalue weighted by Crippen LogP contribution is -2.46. The number of nitrogens with one attached hydrogen (secondary N) is 1. The molecule has 1 fully saturated rings. The molecule has 2 aromatic heterocycles. The lowest BCUT2D eigenvalue weighted by molar-refractivity contribution is -0.119. The summed E-state index contributed by atoms with van der Waals surface area (Å²) in [6.45, 7) is 5.00. The summed E-state index contributed by atoms with van der Waals surface area (Å²) in [5.41, 5.74) is 7.28. The maximum Gasteiger partial charge on any atom is 0.271 e. The van der Waals surface area contributed by atoms with Crippen LogP contribution in [0.3, 0.4) is 0 Å². The van der Waals surface area contributed by atoms with Gasteiger partial charge >= 0.3 is 0 Å². The van der Waals surface area contributed by atoms with Gasteiger partial charge in [-0.3, -0.25) is 14.4 Å². The molecule has 3 amide bonds. The molecule has 9 nitrogen and oxygen atoms in total. The van der Waals surface area contributed by atoms with Crippen LogP contribution in [0, 0.1) is 13.8 Å². The van der Waals surface area contributed by atoms with Crippen molar-refractivity contribution in [3.63, 3.8) is 0 Å². The third-order valence-corrected chi connectivity index (χ3v) is 8.08. The third-order valence-electron chi connectivity index (χ3n) is 6.01.